The van der Waals surface area contributed by atoms with E-state index in [4.69, 9.17) is 11.0 Å². The molecular formula is C12H14FN5O2. The molecule has 0 saturated carbocycles. The van der Waals surface area contributed by atoms with Gasteiger partial charge in [0.05, 0.1) is 10.6 Å². The van der Waals surface area contributed by atoms with E-state index in [-0.39, 0.29) is 11.6 Å². The van der Waals surface area contributed by atoms with Gasteiger partial charge in [0.2, 0.25) is 18.0 Å². The summed E-state index contributed by atoms with van der Waals surface area (Å²) in [5.74, 6) is -1.07. The zero-order valence-electron chi connectivity index (χ0n) is 11.3. The lowest BCUT2D eigenvalue weighted by molar-refractivity contribution is -0.387. The molecule has 20 heavy (non-hydrogen) atoms. The lowest BCUT2D eigenvalue weighted by Crippen LogP contribution is -2.49. The average Bonchev–Trinajstić information content (AvgIpc) is 2.29. The summed E-state index contributed by atoms with van der Waals surface area (Å²) in [6, 6.07) is 3.37. The largest absolute Gasteiger partial charge is 0.369 e. The number of nitriles is 1. The Balaban J connectivity index is 3.44. The molecule has 0 spiro atoms. The fourth-order valence-corrected chi connectivity index (χ4v) is 1.74. The third-order valence-corrected chi connectivity index (χ3v) is 2.45. The fraction of sp³-hybridized carbons (Fsp3) is 0.333. The molecule has 0 atom stereocenters. The predicted molar refractivity (Wildman–Crippen MR) is 72.5 cm³/mol. The highest BCUT2D eigenvalue weighted by molar-refractivity contribution is 5.96. The van der Waals surface area contributed by atoms with Gasteiger partial charge >= 0.3 is 5.69 Å². The molecule has 0 unspecified atom stereocenters. The molecule has 0 aliphatic rings. The topological polar surface area (TPSA) is 109 Å². The lowest BCUT2D eigenvalue weighted by Gasteiger charge is -2.35. The number of nitro benzene ring substituents is 1. The summed E-state index contributed by atoms with van der Waals surface area (Å²) >= 11 is 0. The van der Waals surface area contributed by atoms with Gasteiger partial charge in [-0.05, 0) is 32.9 Å². The van der Waals surface area contributed by atoms with Crippen molar-refractivity contribution >= 4 is 17.3 Å². The summed E-state index contributed by atoms with van der Waals surface area (Å²) in [5, 5.41) is 19.3. The summed E-state index contributed by atoms with van der Waals surface area (Å²) in [6.45, 7) is 5.34. The number of rotatable bonds is 2. The molecule has 2 N–H and O–H groups in total. The second-order valence-corrected chi connectivity index (χ2v) is 4.97. The number of anilines is 1. The number of nitrogens with two attached hydrogens (primary N) is 1. The normalized spacial score (nSPS) is 11.8. The number of hydrogen-bond acceptors (Lipinski definition) is 4. The first-order chi connectivity index (χ1) is 9.18. The lowest BCUT2D eigenvalue weighted by atomic mass is 10.0. The van der Waals surface area contributed by atoms with Crippen LogP contribution in [0.2, 0.25) is 0 Å². The van der Waals surface area contributed by atoms with Gasteiger partial charge in [0, 0.05) is 11.6 Å². The predicted octanol–water partition coefficient (Wildman–Crippen LogP) is 2.13. The van der Waals surface area contributed by atoms with Gasteiger partial charge in [-0.3, -0.25) is 10.1 Å². The first kappa shape index (κ1) is 15.4. The SMILES string of the molecule is CC(C)(C)N(C(N)=NC#N)c1ccc(F)c([N+](=O)[O-])c1. The van der Waals surface area contributed by atoms with Gasteiger partial charge < -0.3 is 10.6 Å². The maximum Gasteiger partial charge on any atom is 0.306 e. The molecule has 1 rings (SSSR count). The van der Waals surface area contributed by atoms with Crippen LogP contribution in [-0.2, 0) is 0 Å². The summed E-state index contributed by atoms with van der Waals surface area (Å²) in [5.41, 5.74) is 4.71. The molecule has 1 aromatic carbocycles. The Hall–Kier alpha value is -2.69. The fourth-order valence-electron chi connectivity index (χ4n) is 1.74. The standard InChI is InChI=1S/C12H14FN5O2/c1-12(2,3)17(11(15)16-7-14)8-4-5-9(13)10(6-8)18(19)20/h4-6H,1-3H3,(H2,15,16). The molecule has 0 amide bonds. The number of guanidine groups is 1. The van der Waals surface area contributed by atoms with Crippen LogP contribution in [0.25, 0.3) is 0 Å². The Morgan fingerprint density at radius 3 is 2.60 bits per heavy atom. The van der Waals surface area contributed by atoms with Gasteiger partial charge in [-0.15, -0.1) is 4.99 Å². The number of aliphatic imine (C=N–C) groups is 1. The molecule has 0 fully saturated rings. The first-order valence-corrected chi connectivity index (χ1v) is 5.65. The Labute approximate surface area is 115 Å². The van der Waals surface area contributed by atoms with Gasteiger partial charge in [-0.2, -0.15) is 9.65 Å². The highest BCUT2D eigenvalue weighted by Crippen LogP contribution is 2.29. The van der Waals surface area contributed by atoms with Crippen molar-refractivity contribution in [2.45, 2.75) is 26.3 Å². The van der Waals surface area contributed by atoms with Crippen LogP contribution in [0.4, 0.5) is 15.8 Å². The number of nitro groups is 1. The zero-order valence-corrected chi connectivity index (χ0v) is 11.3. The molecule has 0 aliphatic heterocycles. The van der Waals surface area contributed by atoms with E-state index in [1.807, 2.05) is 0 Å². The minimum atomic E-state index is -0.941. The van der Waals surface area contributed by atoms with Gasteiger partial charge in [0.15, 0.2) is 0 Å². The molecule has 106 valence electrons. The molecule has 0 heterocycles. The van der Waals surface area contributed by atoms with Crippen molar-refractivity contribution in [3.63, 3.8) is 0 Å². The Morgan fingerprint density at radius 2 is 2.15 bits per heavy atom. The van der Waals surface area contributed by atoms with Crippen LogP contribution < -0.4 is 10.6 Å². The minimum Gasteiger partial charge on any atom is -0.369 e. The minimum absolute atomic E-state index is 0.124. The molecule has 1 aromatic rings. The number of halogens is 1. The van der Waals surface area contributed by atoms with Crippen molar-refractivity contribution < 1.29 is 9.31 Å². The van der Waals surface area contributed by atoms with E-state index >= 15 is 0 Å². The van der Waals surface area contributed by atoms with Crippen molar-refractivity contribution in [3.05, 3.63) is 34.1 Å². The summed E-state index contributed by atoms with van der Waals surface area (Å²) in [7, 11) is 0. The molecular weight excluding hydrogens is 265 g/mol. The van der Waals surface area contributed by atoms with E-state index in [2.05, 4.69) is 4.99 Å². The molecule has 7 nitrogen and oxygen atoms in total. The van der Waals surface area contributed by atoms with Crippen molar-refractivity contribution in [2.24, 2.45) is 10.7 Å². The van der Waals surface area contributed by atoms with Crippen LogP contribution in [0.15, 0.2) is 23.2 Å². The maximum absolute atomic E-state index is 13.4. The summed E-state index contributed by atoms with van der Waals surface area (Å²) in [6.07, 6.45) is 1.55. The highest BCUT2D eigenvalue weighted by atomic mass is 19.1. The monoisotopic (exact) mass is 279 g/mol. The molecule has 0 aliphatic carbocycles. The second-order valence-electron chi connectivity index (χ2n) is 4.97. The van der Waals surface area contributed by atoms with Crippen LogP contribution in [0.3, 0.4) is 0 Å². The Kier molecular flexibility index (Phi) is 4.24. The number of hydrogen-bond donors (Lipinski definition) is 1. The van der Waals surface area contributed by atoms with Gasteiger partial charge in [-0.1, -0.05) is 0 Å². The molecule has 0 radical (unpaired) electrons. The third-order valence-electron chi connectivity index (χ3n) is 2.45. The van der Waals surface area contributed by atoms with E-state index < -0.39 is 22.0 Å². The quantitative estimate of drug-likeness (QED) is 0.293. The van der Waals surface area contributed by atoms with Crippen LogP contribution in [-0.4, -0.2) is 16.4 Å². The van der Waals surface area contributed by atoms with Crippen molar-refractivity contribution in [2.75, 3.05) is 4.90 Å². The summed E-state index contributed by atoms with van der Waals surface area (Å²) in [4.78, 5) is 14.8. The first-order valence-electron chi connectivity index (χ1n) is 5.65. The Bertz CT molecular complexity index is 601. The maximum atomic E-state index is 13.4. The van der Waals surface area contributed by atoms with E-state index in [0.29, 0.717) is 0 Å². The third kappa shape index (κ3) is 3.20. The van der Waals surface area contributed by atoms with Crippen LogP contribution in [0, 0.1) is 27.4 Å². The van der Waals surface area contributed by atoms with Crippen LogP contribution in [0.1, 0.15) is 20.8 Å². The molecule has 0 aromatic heterocycles. The van der Waals surface area contributed by atoms with Gasteiger partial charge in [0.25, 0.3) is 0 Å². The van der Waals surface area contributed by atoms with Crippen LogP contribution >= 0.6 is 0 Å². The number of nitrogens with zero attached hydrogens (tertiary/aromatic N) is 4. The van der Waals surface area contributed by atoms with Crippen molar-refractivity contribution in [1.82, 2.24) is 0 Å². The molecule has 8 heteroatoms. The molecule has 0 saturated heterocycles. The number of benzene rings is 1. The Morgan fingerprint density at radius 1 is 1.55 bits per heavy atom. The van der Waals surface area contributed by atoms with E-state index in [0.717, 1.165) is 12.1 Å². The van der Waals surface area contributed by atoms with E-state index in [9.17, 15) is 14.5 Å². The summed E-state index contributed by atoms with van der Waals surface area (Å²) < 4.78 is 13.4. The molecule has 0 bridgehead atoms. The second kappa shape index (κ2) is 5.52. The smallest absolute Gasteiger partial charge is 0.306 e. The average molecular weight is 279 g/mol. The van der Waals surface area contributed by atoms with Crippen LogP contribution in [0.5, 0.6) is 0 Å². The van der Waals surface area contributed by atoms with E-state index in [1.54, 1.807) is 27.0 Å². The van der Waals surface area contributed by atoms with Gasteiger partial charge in [0.1, 0.15) is 0 Å². The van der Waals surface area contributed by atoms with Crippen molar-refractivity contribution in [3.8, 4) is 6.19 Å². The van der Waals surface area contributed by atoms with Crippen molar-refractivity contribution in [1.29, 1.82) is 5.26 Å². The van der Waals surface area contributed by atoms with Gasteiger partial charge in [-0.25, -0.2) is 0 Å². The zero-order chi connectivity index (χ0) is 15.5. The van der Waals surface area contributed by atoms with E-state index in [1.165, 1.54) is 11.0 Å². The highest BCUT2D eigenvalue weighted by Gasteiger charge is 2.27.